The summed E-state index contributed by atoms with van der Waals surface area (Å²) in [6.45, 7) is -2.81. The Labute approximate surface area is 146 Å². The van der Waals surface area contributed by atoms with Crippen molar-refractivity contribution in [2.45, 2.75) is 6.55 Å². The number of fused-ring (bicyclic) bond motifs is 3. The summed E-state index contributed by atoms with van der Waals surface area (Å²) in [6, 6.07) is 12.1. The van der Waals surface area contributed by atoms with Gasteiger partial charge in [-0.15, -0.1) is 0 Å². The lowest BCUT2D eigenvalue weighted by Gasteiger charge is -2.09. The highest BCUT2D eigenvalue weighted by molar-refractivity contribution is 6.09. The van der Waals surface area contributed by atoms with Gasteiger partial charge in [-0.05, 0) is 18.2 Å². The van der Waals surface area contributed by atoms with Crippen molar-refractivity contribution in [2.24, 2.45) is 0 Å². The summed E-state index contributed by atoms with van der Waals surface area (Å²) >= 11 is 0. The summed E-state index contributed by atoms with van der Waals surface area (Å²) in [6.07, 6.45) is 1.04. The highest BCUT2D eigenvalue weighted by Crippen LogP contribution is 2.36. The molecule has 0 aliphatic heterocycles. The SMILES string of the molecule is COc1cc2c(cc1NC(=O)c1ccn(C(F)F)n1)oc1ccccc12. The first-order valence-corrected chi connectivity index (χ1v) is 7.71. The summed E-state index contributed by atoms with van der Waals surface area (Å²) < 4.78 is 36.8. The number of carbonyl (C=O) groups is 1. The van der Waals surface area contributed by atoms with E-state index >= 15 is 0 Å². The summed E-state index contributed by atoms with van der Waals surface area (Å²) in [5.41, 5.74) is 1.51. The molecule has 0 unspecified atom stereocenters. The molecule has 0 aliphatic carbocycles. The number of halogens is 2. The molecule has 132 valence electrons. The summed E-state index contributed by atoms with van der Waals surface area (Å²) in [4.78, 5) is 12.3. The fourth-order valence-corrected chi connectivity index (χ4v) is 2.77. The smallest absolute Gasteiger partial charge is 0.333 e. The van der Waals surface area contributed by atoms with Gasteiger partial charge in [0, 0.05) is 23.0 Å². The molecule has 2 aromatic heterocycles. The standard InChI is InChI=1S/C18H13F2N3O3/c1-25-16-8-11-10-4-2-3-5-14(10)26-15(11)9-13(16)21-17(24)12-6-7-23(22-12)18(19)20/h2-9,18H,1H3,(H,21,24). The number of nitrogens with zero attached hydrogens (tertiary/aromatic N) is 2. The molecule has 1 amide bonds. The molecule has 26 heavy (non-hydrogen) atoms. The number of ether oxygens (including phenoxy) is 1. The normalized spacial score (nSPS) is 11.4. The third kappa shape index (κ3) is 2.65. The number of carbonyl (C=O) groups excluding carboxylic acids is 1. The number of para-hydroxylation sites is 1. The number of furan rings is 1. The lowest BCUT2D eigenvalue weighted by atomic mass is 10.1. The fourth-order valence-electron chi connectivity index (χ4n) is 2.77. The lowest BCUT2D eigenvalue weighted by molar-refractivity contribution is 0.0561. The second-order valence-electron chi connectivity index (χ2n) is 5.56. The Morgan fingerprint density at radius 2 is 2.00 bits per heavy atom. The number of methoxy groups -OCH3 is 1. The molecule has 0 spiro atoms. The molecule has 0 bridgehead atoms. The van der Waals surface area contributed by atoms with Gasteiger partial charge in [0.05, 0.1) is 12.8 Å². The molecule has 0 radical (unpaired) electrons. The van der Waals surface area contributed by atoms with Crippen molar-refractivity contribution in [3.8, 4) is 5.75 Å². The van der Waals surface area contributed by atoms with Crippen LogP contribution in [0.4, 0.5) is 14.5 Å². The summed E-state index contributed by atoms with van der Waals surface area (Å²) in [5, 5.41) is 7.94. The number of hydrogen-bond acceptors (Lipinski definition) is 4. The summed E-state index contributed by atoms with van der Waals surface area (Å²) in [7, 11) is 1.48. The van der Waals surface area contributed by atoms with Gasteiger partial charge in [0.1, 0.15) is 16.9 Å². The molecular weight excluding hydrogens is 344 g/mol. The first kappa shape index (κ1) is 16.1. The average Bonchev–Trinajstić information content (AvgIpc) is 3.25. The molecule has 2 aromatic carbocycles. The zero-order valence-corrected chi connectivity index (χ0v) is 13.6. The number of aromatic nitrogens is 2. The molecule has 4 rings (SSSR count). The molecule has 0 fully saturated rings. The Morgan fingerprint density at radius 3 is 2.73 bits per heavy atom. The first-order valence-electron chi connectivity index (χ1n) is 7.71. The molecular formula is C18H13F2N3O3. The van der Waals surface area contributed by atoms with Crippen molar-refractivity contribution in [1.29, 1.82) is 0 Å². The monoisotopic (exact) mass is 357 g/mol. The number of alkyl halides is 2. The number of anilines is 1. The number of rotatable bonds is 4. The molecule has 0 saturated carbocycles. The van der Waals surface area contributed by atoms with Gasteiger partial charge in [0.2, 0.25) is 0 Å². The Morgan fingerprint density at radius 1 is 1.19 bits per heavy atom. The first-order chi connectivity index (χ1) is 12.6. The highest BCUT2D eigenvalue weighted by Gasteiger charge is 2.17. The van der Waals surface area contributed by atoms with Gasteiger partial charge < -0.3 is 14.5 Å². The van der Waals surface area contributed by atoms with E-state index in [4.69, 9.17) is 9.15 Å². The third-order valence-corrected chi connectivity index (χ3v) is 3.99. The number of benzene rings is 2. The van der Waals surface area contributed by atoms with Gasteiger partial charge in [0.25, 0.3) is 5.91 Å². The van der Waals surface area contributed by atoms with Gasteiger partial charge in [-0.25, -0.2) is 4.68 Å². The lowest BCUT2D eigenvalue weighted by Crippen LogP contribution is -2.14. The van der Waals surface area contributed by atoms with E-state index in [2.05, 4.69) is 10.4 Å². The van der Waals surface area contributed by atoms with E-state index in [0.717, 1.165) is 17.0 Å². The molecule has 0 saturated heterocycles. The van der Waals surface area contributed by atoms with Crippen LogP contribution >= 0.6 is 0 Å². The van der Waals surface area contributed by atoms with Crippen LogP contribution in [0.15, 0.2) is 53.1 Å². The second kappa shape index (κ2) is 6.14. The van der Waals surface area contributed by atoms with Crippen molar-refractivity contribution in [3.05, 3.63) is 54.4 Å². The van der Waals surface area contributed by atoms with Crippen LogP contribution in [0.2, 0.25) is 0 Å². The Kier molecular flexibility index (Phi) is 3.80. The van der Waals surface area contributed by atoms with Crippen molar-refractivity contribution in [2.75, 3.05) is 12.4 Å². The zero-order valence-electron chi connectivity index (χ0n) is 13.6. The van der Waals surface area contributed by atoms with E-state index in [1.54, 1.807) is 12.1 Å². The van der Waals surface area contributed by atoms with Gasteiger partial charge in [-0.1, -0.05) is 18.2 Å². The van der Waals surface area contributed by atoms with Crippen LogP contribution in [0.3, 0.4) is 0 Å². The minimum atomic E-state index is -2.81. The minimum absolute atomic E-state index is 0.128. The second-order valence-corrected chi connectivity index (χ2v) is 5.56. The van der Waals surface area contributed by atoms with Gasteiger partial charge in [-0.2, -0.15) is 13.9 Å². The molecule has 6 nitrogen and oxygen atoms in total. The fraction of sp³-hybridized carbons (Fsp3) is 0.111. The minimum Gasteiger partial charge on any atom is -0.495 e. The molecule has 0 atom stereocenters. The maximum absolute atomic E-state index is 12.6. The molecule has 2 heterocycles. The zero-order chi connectivity index (χ0) is 18.3. The largest absolute Gasteiger partial charge is 0.495 e. The Hall–Kier alpha value is -3.42. The molecule has 1 N–H and O–H groups in total. The molecule has 0 aliphatic rings. The third-order valence-electron chi connectivity index (χ3n) is 3.99. The summed E-state index contributed by atoms with van der Waals surface area (Å²) in [5.74, 6) is -0.205. The number of hydrogen-bond donors (Lipinski definition) is 1. The quantitative estimate of drug-likeness (QED) is 0.586. The predicted octanol–water partition coefficient (Wildman–Crippen LogP) is 4.44. The van der Waals surface area contributed by atoms with Crippen LogP contribution in [0.25, 0.3) is 21.9 Å². The maximum atomic E-state index is 12.6. The topological polar surface area (TPSA) is 69.3 Å². The van der Waals surface area contributed by atoms with Crippen molar-refractivity contribution in [3.63, 3.8) is 0 Å². The molecule has 4 aromatic rings. The van der Waals surface area contributed by atoms with Crippen LogP contribution in [-0.2, 0) is 0 Å². The van der Waals surface area contributed by atoms with Crippen LogP contribution in [0, 0.1) is 0 Å². The van der Waals surface area contributed by atoms with E-state index in [1.165, 1.54) is 13.2 Å². The van der Waals surface area contributed by atoms with E-state index < -0.39 is 12.5 Å². The average molecular weight is 357 g/mol. The Balaban J connectivity index is 1.72. The van der Waals surface area contributed by atoms with E-state index in [1.807, 2.05) is 24.3 Å². The van der Waals surface area contributed by atoms with Gasteiger partial charge >= 0.3 is 6.55 Å². The number of amides is 1. The Bertz CT molecular complexity index is 1120. The van der Waals surface area contributed by atoms with E-state index in [9.17, 15) is 13.6 Å². The highest BCUT2D eigenvalue weighted by atomic mass is 19.3. The van der Waals surface area contributed by atoms with E-state index in [0.29, 0.717) is 27.3 Å². The van der Waals surface area contributed by atoms with Crippen molar-refractivity contribution in [1.82, 2.24) is 9.78 Å². The van der Waals surface area contributed by atoms with Crippen LogP contribution in [0.5, 0.6) is 5.75 Å². The molecule has 8 heteroatoms. The van der Waals surface area contributed by atoms with Gasteiger partial charge in [0.15, 0.2) is 5.69 Å². The van der Waals surface area contributed by atoms with Crippen LogP contribution < -0.4 is 10.1 Å². The van der Waals surface area contributed by atoms with E-state index in [-0.39, 0.29) is 5.69 Å². The van der Waals surface area contributed by atoms with Crippen molar-refractivity contribution < 1.29 is 22.7 Å². The van der Waals surface area contributed by atoms with Gasteiger partial charge in [-0.3, -0.25) is 4.79 Å². The predicted molar refractivity (Wildman–Crippen MR) is 91.7 cm³/mol. The van der Waals surface area contributed by atoms with Crippen LogP contribution in [-0.4, -0.2) is 22.8 Å². The maximum Gasteiger partial charge on any atom is 0.333 e. The number of nitrogens with one attached hydrogen (secondary N) is 1. The van der Waals surface area contributed by atoms with Crippen LogP contribution in [0.1, 0.15) is 17.0 Å². The van der Waals surface area contributed by atoms with Crippen molar-refractivity contribution >= 4 is 33.5 Å².